The topological polar surface area (TPSA) is 52.1 Å². The number of piperidine rings is 1. The van der Waals surface area contributed by atoms with Gasteiger partial charge in [-0.05, 0) is 64.8 Å². The molecule has 0 atom stereocenters. The van der Waals surface area contributed by atoms with Crippen molar-refractivity contribution in [3.05, 3.63) is 0 Å². The van der Waals surface area contributed by atoms with Crippen LogP contribution in [0.5, 0.6) is 0 Å². The molecule has 0 radical (unpaired) electrons. The maximum atomic E-state index is 5.09. The summed E-state index contributed by atoms with van der Waals surface area (Å²) in [6, 6.07) is 0. The predicted octanol–water partition coefficient (Wildman–Crippen LogP) is 1.24. The fraction of sp³-hybridized carbons (Fsp3) is 0.944. The van der Waals surface area contributed by atoms with Gasteiger partial charge in [0, 0.05) is 33.8 Å². The van der Waals surface area contributed by atoms with Gasteiger partial charge in [-0.3, -0.25) is 4.99 Å². The Morgan fingerprint density at radius 2 is 1.83 bits per heavy atom. The van der Waals surface area contributed by atoms with Gasteiger partial charge in [0.15, 0.2) is 5.96 Å². The van der Waals surface area contributed by atoms with Crippen LogP contribution in [0.2, 0.25) is 0 Å². The van der Waals surface area contributed by atoms with Crippen molar-refractivity contribution in [3.63, 3.8) is 0 Å². The van der Waals surface area contributed by atoms with Gasteiger partial charge >= 0.3 is 0 Å². The van der Waals surface area contributed by atoms with E-state index in [4.69, 9.17) is 4.74 Å². The van der Waals surface area contributed by atoms with E-state index in [9.17, 15) is 0 Å². The Balaban J connectivity index is 2.00. The molecule has 0 bridgehead atoms. The van der Waals surface area contributed by atoms with Crippen molar-refractivity contribution in [2.45, 2.75) is 32.6 Å². The summed E-state index contributed by atoms with van der Waals surface area (Å²) in [4.78, 5) is 9.18. The Morgan fingerprint density at radius 3 is 2.46 bits per heavy atom. The fourth-order valence-corrected chi connectivity index (χ4v) is 2.93. The molecule has 1 fully saturated rings. The molecule has 1 aliphatic rings. The number of methoxy groups -OCH3 is 1. The molecule has 1 aliphatic heterocycles. The van der Waals surface area contributed by atoms with Crippen molar-refractivity contribution in [1.82, 2.24) is 20.4 Å². The van der Waals surface area contributed by atoms with Gasteiger partial charge in [-0.25, -0.2) is 0 Å². The Bertz CT molecular complexity index is 329. The van der Waals surface area contributed by atoms with Gasteiger partial charge in [0.05, 0.1) is 6.61 Å². The SMILES string of the molecule is CN=C(NCCCN(C)CCOC)NCCCN1CCC(C)CC1. The highest BCUT2D eigenvalue weighted by Gasteiger charge is 2.14. The van der Waals surface area contributed by atoms with E-state index in [1.807, 2.05) is 7.05 Å². The van der Waals surface area contributed by atoms with Gasteiger partial charge in [-0.15, -0.1) is 0 Å². The van der Waals surface area contributed by atoms with E-state index in [1.165, 1.54) is 38.9 Å². The van der Waals surface area contributed by atoms with E-state index in [1.54, 1.807) is 7.11 Å². The molecule has 0 aromatic rings. The fourth-order valence-electron chi connectivity index (χ4n) is 2.93. The average Bonchev–Trinajstić information content (AvgIpc) is 2.60. The van der Waals surface area contributed by atoms with Gasteiger partial charge in [0.25, 0.3) is 0 Å². The van der Waals surface area contributed by atoms with Crippen molar-refractivity contribution < 1.29 is 4.74 Å². The minimum absolute atomic E-state index is 0.795. The van der Waals surface area contributed by atoms with Crippen LogP contribution in [0.4, 0.5) is 0 Å². The lowest BCUT2D eigenvalue weighted by atomic mass is 9.99. The van der Waals surface area contributed by atoms with E-state index in [-0.39, 0.29) is 0 Å². The number of likely N-dealkylation sites (tertiary alicyclic amines) is 1. The number of hydrogen-bond donors (Lipinski definition) is 2. The van der Waals surface area contributed by atoms with Gasteiger partial charge < -0.3 is 25.2 Å². The maximum Gasteiger partial charge on any atom is 0.190 e. The quantitative estimate of drug-likeness (QED) is 0.336. The first-order valence-electron chi connectivity index (χ1n) is 9.50. The first-order valence-corrected chi connectivity index (χ1v) is 9.50. The van der Waals surface area contributed by atoms with Crippen LogP contribution in [-0.4, -0.2) is 89.4 Å². The van der Waals surface area contributed by atoms with Crippen LogP contribution in [0, 0.1) is 5.92 Å². The first-order chi connectivity index (χ1) is 11.7. The second-order valence-electron chi connectivity index (χ2n) is 6.95. The predicted molar refractivity (Wildman–Crippen MR) is 103 cm³/mol. The first kappa shape index (κ1) is 21.2. The summed E-state index contributed by atoms with van der Waals surface area (Å²) in [6.45, 7) is 10.9. The van der Waals surface area contributed by atoms with Gasteiger partial charge in [-0.2, -0.15) is 0 Å². The zero-order valence-corrected chi connectivity index (χ0v) is 16.3. The van der Waals surface area contributed by atoms with Crippen molar-refractivity contribution in [1.29, 1.82) is 0 Å². The minimum atomic E-state index is 0.795. The summed E-state index contributed by atoms with van der Waals surface area (Å²) < 4.78 is 5.09. The highest BCUT2D eigenvalue weighted by Crippen LogP contribution is 2.15. The summed E-state index contributed by atoms with van der Waals surface area (Å²) in [5, 5.41) is 6.81. The Labute approximate surface area is 149 Å². The molecule has 24 heavy (non-hydrogen) atoms. The summed E-state index contributed by atoms with van der Waals surface area (Å²) in [7, 11) is 5.72. The molecule has 0 unspecified atom stereocenters. The van der Waals surface area contributed by atoms with Crippen LogP contribution in [-0.2, 0) is 4.74 Å². The summed E-state index contributed by atoms with van der Waals surface area (Å²) in [6.07, 6.45) is 4.99. The molecule has 0 spiro atoms. The van der Waals surface area contributed by atoms with Crippen molar-refractivity contribution >= 4 is 5.96 Å². The number of aliphatic imine (C=N–C) groups is 1. The largest absolute Gasteiger partial charge is 0.383 e. The molecule has 0 saturated carbocycles. The molecule has 0 aromatic heterocycles. The van der Waals surface area contributed by atoms with Gasteiger partial charge in [0.1, 0.15) is 0 Å². The summed E-state index contributed by atoms with van der Waals surface area (Å²) in [5.41, 5.74) is 0. The number of nitrogens with one attached hydrogen (secondary N) is 2. The zero-order chi connectivity index (χ0) is 17.6. The molecule has 6 nitrogen and oxygen atoms in total. The summed E-state index contributed by atoms with van der Waals surface area (Å²) in [5.74, 6) is 1.83. The van der Waals surface area contributed by atoms with Gasteiger partial charge in [-0.1, -0.05) is 6.92 Å². The molecule has 0 amide bonds. The monoisotopic (exact) mass is 341 g/mol. The summed E-state index contributed by atoms with van der Waals surface area (Å²) >= 11 is 0. The second kappa shape index (κ2) is 13.4. The standard InChI is InChI=1S/C18H39N5O/c1-17-7-13-23(14-8-17)12-6-10-21-18(19-2)20-9-5-11-22(3)15-16-24-4/h17H,5-16H2,1-4H3,(H2,19,20,21). The van der Waals surface area contributed by atoms with Crippen LogP contribution in [0.3, 0.4) is 0 Å². The number of guanidine groups is 1. The number of likely N-dealkylation sites (N-methyl/N-ethyl adjacent to an activating group) is 1. The second-order valence-corrected chi connectivity index (χ2v) is 6.95. The van der Waals surface area contributed by atoms with Crippen LogP contribution < -0.4 is 10.6 Å². The normalized spacial score (nSPS) is 17.5. The van der Waals surface area contributed by atoms with E-state index in [0.717, 1.165) is 51.1 Å². The van der Waals surface area contributed by atoms with Crippen molar-refractivity contribution in [2.75, 3.05) is 73.6 Å². The van der Waals surface area contributed by atoms with E-state index in [2.05, 4.69) is 39.4 Å². The van der Waals surface area contributed by atoms with Crippen molar-refractivity contribution in [3.8, 4) is 0 Å². The van der Waals surface area contributed by atoms with Crippen LogP contribution in [0.25, 0.3) is 0 Å². The minimum Gasteiger partial charge on any atom is -0.383 e. The lowest BCUT2D eigenvalue weighted by molar-refractivity contribution is 0.161. The lowest BCUT2D eigenvalue weighted by Crippen LogP contribution is -2.40. The van der Waals surface area contributed by atoms with Crippen LogP contribution in [0.1, 0.15) is 32.6 Å². The average molecular weight is 342 g/mol. The highest BCUT2D eigenvalue weighted by molar-refractivity contribution is 5.79. The molecule has 1 rings (SSSR count). The highest BCUT2D eigenvalue weighted by atomic mass is 16.5. The Kier molecular flexibility index (Phi) is 11.9. The van der Waals surface area contributed by atoms with Crippen LogP contribution >= 0.6 is 0 Å². The molecule has 142 valence electrons. The smallest absolute Gasteiger partial charge is 0.190 e. The third-order valence-corrected chi connectivity index (χ3v) is 4.73. The Hall–Kier alpha value is -0.850. The lowest BCUT2D eigenvalue weighted by Gasteiger charge is -2.30. The van der Waals surface area contributed by atoms with E-state index in [0.29, 0.717) is 0 Å². The molecule has 2 N–H and O–H groups in total. The van der Waals surface area contributed by atoms with Gasteiger partial charge in [0.2, 0.25) is 0 Å². The molecule has 6 heteroatoms. The number of ether oxygens (including phenoxy) is 1. The number of hydrogen-bond acceptors (Lipinski definition) is 4. The third-order valence-electron chi connectivity index (χ3n) is 4.73. The van der Waals surface area contributed by atoms with Crippen molar-refractivity contribution in [2.24, 2.45) is 10.9 Å². The zero-order valence-electron chi connectivity index (χ0n) is 16.3. The maximum absolute atomic E-state index is 5.09. The van der Waals surface area contributed by atoms with E-state index >= 15 is 0 Å². The van der Waals surface area contributed by atoms with Crippen LogP contribution in [0.15, 0.2) is 4.99 Å². The van der Waals surface area contributed by atoms with E-state index < -0.39 is 0 Å². The molecular formula is C18H39N5O. The molecule has 1 saturated heterocycles. The Morgan fingerprint density at radius 1 is 1.17 bits per heavy atom. The number of rotatable bonds is 11. The number of nitrogens with zero attached hydrogens (tertiary/aromatic N) is 3. The third kappa shape index (κ3) is 10.1. The molecule has 0 aliphatic carbocycles. The molecular weight excluding hydrogens is 302 g/mol. The molecule has 0 aromatic carbocycles. The molecule has 1 heterocycles.